The molecule has 66 valence electrons. The van der Waals surface area contributed by atoms with E-state index in [2.05, 4.69) is 4.98 Å². The average molecular weight is 304 g/mol. The number of pyridine rings is 1. The van der Waals surface area contributed by atoms with Gasteiger partial charge >= 0.3 is 0 Å². The first kappa shape index (κ1) is 9.91. The van der Waals surface area contributed by atoms with Crippen LogP contribution in [0.15, 0.2) is 6.07 Å². The molecule has 0 saturated carbocycles. The van der Waals surface area contributed by atoms with E-state index >= 15 is 0 Å². The van der Waals surface area contributed by atoms with Crippen molar-refractivity contribution in [2.24, 2.45) is 0 Å². The summed E-state index contributed by atoms with van der Waals surface area (Å²) in [7, 11) is 0. The van der Waals surface area contributed by atoms with Crippen LogP contribution in [0, 0.1) is 3.57 Å². The third kappa shape index (κ3) is 1.95. The second kappa shape index (κ2) is 3.69. The van der Waals surface area contributed by atoms with Crippen LogP contribution < -0.4 is 5.73 Å². The van der Waals surface area contributed by atoms with Gasteiger partial charge in [0.15, 0.2) is 0 Å². The van der Waals surface area contributed by atoms with E-state index in [1.807, 2.05) is 22.6 Å². The first-order valence-corrected chi connectivity index (χ1v) is 4.37. The molecule has 2 N–H and O–H groups in total. The Labute approximate surface area is 86.3 Å². The summed E-state index contributed by atoms with van der Waals surface area (Å²) in [5.74, 6) is 0.171. The number of anilines is 1. The lowest BCUT2D eigenvalue weighted by atomic mass is 10.3. The van der Waals surface area contributed by atoms with Gasteiger partial charge in [-0.05, 0) is 28.7 Å². The van der Waals surface area contributed by atoms with Crippen molar-refractivity contribution in [3.8, 4) is 0 Å². The minimum Gasteiger partial charge on any atom is -0.383 e. The molecule has 0 radical (unpaired) electrons. The molecule has 0 spiro atoms. The van der Waals surface area contributed by atoms with Crippen LogP contribution in [0.1, 0.15) is 12.0 Å². The number of halogens is 4. The van der Waals surface area contributed by atoms with Crippen LogP contribution in [-0.2, 0) is 0 Å². The van der Waals surface area contributed by atoms with Crippen molar-refractivity contribution in [2.75, 3.05) is 5.73 Å². The van der Waals surface area contributed by atoms with Gasteiger partial charge < -0.3 is 5.73 Å². The number of nitrogen functional groups attached to an aromatic ring is 1. The number of nitrogens with two attached hydrogens (primary N) is 1. The van der Waals surface area contributed by atoms with Crippen LogP contribution in [0.3, 0.4) is 0 Å². The number of nitrogens with zero attached hydrogens (tertiary/aromatic N) is 1. The number of hydrogen-bond donors (Lipinski definition) is 1. The molecule has 12 heavy (non-hydrogen) atoms. The Bertz CT molecular complexity index is 306. The highest BCUT2D eigenvalue weighted by Gasteiger charge is 2.14. The van der Waals surface area contributed by atoms with E-state index in [4.69, 9.17) is 17.3 Å². The van der Waals surface area contributed by atoms with E-state index < -0.39 is 6.43 Å². The Hall–Kier alpha value is -0.170. The zero-order valence-electron chi connectivity index (χ0n) is 5.69. The van der Waals surface area contributed by atoms with Crippen molar-refractivity contribution >= 4 is 40.0 Å². The maximum absolute atomic E-state index is 12.2. The highest BCUT2D eigenvalue weighted by Crippen LogP contribution is 2.28. The second-order valence-electron chi connectivity index (χ2n) is 2.04. The standard InChI is InChI=1S/C6H4ClF2IN2/c7-4-2(5(8)9)1-3(10)6(11)12-4/h1,5H,(H2,11,12). The van der Waals surface area contributed by atoms with Gasteiger partial charge in [0, 0.05) is 0 Å². The summed E-state index contributed by atoms with van der Waals surface area (Å²) < 4.78 is 24.8. The average Bonchev–Trinajstić information content (AvgIpc) is 1.96. The Kier molecular flexibility index (Phi) is 3.05. The van der Waals surface area contributed by atoms with E-state index in [9.17, 15) is 8.78 Å². The number of alkyl halides is 2. The van der Waals surface area contributed by atoms with Crippen LogP contribution in [0.4, 0.5) is 14.6 Å². The lowest BCUT2D eigenvalue weighted by molar-refractivity contribution is 0.151. The van der Waals surface area contributed by atoms with Gasteiger partial charge in [0.05, 0.1) is 9.13 Å². The first-order valence-electron chi connectivity index (χ1n) is 2.92. The molecule has 1 heterocycles. The fraction of sp³-hybridized carbons (Fsp3) is 0.167. The van der Waals surface area contributed by atoms with Crippen molar-refractivity contribution in [1.29, 1.82) is 0 Å². The van der Waals surface area contributed by atoms with E-state index in [-0.39, 0.29) is 16.5 Å². The van der Waals surface area contributed by atoms with Crippen LogP contribution in [-0.4, -0.2) is 4.98 Å². The summed E-state index contributed by atoms with van der Waals surface area (Å²) >= 11 is 7.24. The molecule has 2 nitrogen and oxygen atoms in total. The molecule has 0 fully saturated rings. The Morgan fingerprint density at radius 2 is 2.17 bits per heavy atom. The van der Waals surface area contributed by atoms with Crippen molar-refractivity contribution in [1.82, 2.24) is 4.98 Å². The number of aromatic nitrogens is 1. The van der Waals surface area contributed by atoms with Gasteiger partial charge in [-0.1, -0.05) is 11.6 Å². The summed E-state index contributed by atoms with van der Waals surface area (Å²) in [4.78, 5) is 3.55. The molecule has 0 atom stereocenters. The molecule has 0 unspecified atom stereocenters. The molecule has 1 rings (SSSR count). The predicted octanol–water partition coefficient (Wildman–Crippen LogP) is 2.86. The summed E-state index contributed by atoms with van der Waals surface area (Å²) in [6.07, 6.45) is -2.61. The Morgan fingerprint density at radius 1 is 1.58 bits per heavy atom. The lowest BCUT2D eigenvalue weighted by Gasteiger charge is -2.04. The zero-order chi connectivity index (χ0) is 9.30. The number of rotatable bonds is 1. The minimum atomic E-state index is -2.61. The van der Waals surface area contributed by atoms with Crippen LogP contribution in [0.5, 0.6) is 0 Å². The first-order chi connectivity index (χ1) is 5.52. The van der Waals surface area contributed by atoms with Gasteiger partial charge in [0.1, 0.15) is 11.0 Å². The van der Waals surface area contributed by atoms with Crippen molar-refractivity contribution < 1.29 is 8.78 Å². The third-order valence-electron chi connectivity index (χ3n) is 1.22. The lowest BCUT2D eigenvalue weighted by Crippen LogP contribution is -1.98. The maximum Gasteiger partial charge on any atom is 0.266 e. The third-order valence-corrected chi connectivity index (χ3v) is 2.39. The Morgan fingerprint density at radius 3 is 2.67 bits per heavy atom. The number of hydrogen-bond acceptors (Lipinski definition) is 2. The van der Waals surface area contributed by atoms with Crippen LogP contribution in [0.2, 0.25) is 5.15 Å². The second-order valence-corrected chi connectivity index (χ2v) is 3.56. The van der Waals surface area contributed by atoms with Crippen LogP contribution in [0.25, 0.3) is 0 Å². The molecule has 0 amide bonds. The largest absolute Gasteiger partial charge is 0.383 e. The van der Waals surface area contributed by atoms with Gasteiger partial charge in [0.25, 0.3) is 6.43 Å². The van der Waals surface area contributed by atoms with Crippen molar-refractivity contribution in [3.05, 3.63) is 20.4 Å². The maximum atomic E-state index is 12.2. The molecular weight excluding hydrogens is 300 g/mol. The summed E-state index contributed by atoms with van der Waals surface area (Å²) in [6, 6.07) is 1.23. The van der Waals surface area contributed by atoms with Gasteiger partial charge in [-0.25, -0.2) is 13.8 Å². The van der Waals surface area contributed by atoms with E-state index in [0.717, 1.165) is 0 Å². The monoisotopic (exact) mass is 304 g/mol. The highest BCUT2D eigenvalue weighted by atomic mass is 127. The normalized spacial score (nSPS) is 10.8. The van der Waals surface area contributed by atoms with E-state index in [1.54, 1.807) is 0 Å². The zero-order valence-corrected chi connectivity index (χ0v) is 8.60. The predicted molar refractivity (Wildman–Crippen MR) is 51.3 cm³/mol. The topological polar surface area (TPSA) is 38.9 Å². The molecule has 0 bridgehead atoms. The van der Waals surface area contributed by atoms with Gasteiger partial charge in [0.2, 0.25) is 0 Å². The molecular formula is C6H4ClF2IN2. The van der Waals surface area contributed by atoms with Crippen LogP contribution >= 0.6 is 34.2 Å². The van der Waals surface area contributed by atoms with Gasteiger partial charge in [-0.15, -0.1) is 0 Å². The molecule has 1 aromatic rings. The summed E-state index contributed by atoms with van der Waals surface area (Å²) in [6.45, 7) is 0. The SMILES string of the molecule is Nc1nc(Cl)c(C(F)F)cc1I. The van der Waals surface area contributed by atoms with Gasteiger partial charge in [-0.2, -0.15) is 0 Å². The quantitative estimate of drug-likeness (QED) is 0.640. The molecule has 0 aromatic carbocycles. The molecule has 0 aliphatic rings. The van der Waals surface area contributed by atoms with Crippen molar-refractivity contribution in [2.45, 2.75) is 6.43 Å². The molecule has 1 aromatic heterocycles. The fourth-order valence-corrected chi connectivity index (χ4v) is 1.33. The minimum absolute atomic E-state index is 0.171. The molecule has 0 aliphatic carbocycles. The summed E-state index contributed by atoms with van der Waals surface area (Å²) in [5, 5.41) is -0.233. The smallest absolute Gasteiger partial charge is 0.266 e. The molecule has 0 aliphatic heterocycles. The Balaban J connectivity index is 3.23. The highest BCUT2D eigenvalue weighted by molar-refractivity contribution is 14.1. The fourth-order valence-electron chi connectivity index (χ4n) is 0.647. The van der Waals surface area contributed by atoms with E-state index in [1.165, 1.54) is 6.07 Å². The van der Waals surface area contributed by atoms with Gasteiger partial charge in [-0.3, -0.25) is 0 Å². The molecule has 6 heteroatoms. The van der Waals surface area contributed by atoms with E-state index in [0.29, 0.717) is 3.57 Å². The molecule has 0 saturated heterocycles. The van der Waals surface area contributed by atoms with Crippen molar-refractivity contribution in [3.63, 3.8) is 0 Å². The summed E-state index contributed by atoms with van der Waals surface area (Å²) in [5.41, 5.74) is 5.06.